The number of H-pyrrole nitrogens is 2. The van der Waals surface area contributed by atoms with Gasteiger partial charge in [0, 0.05) is 76.5 Å². The van der Waals surface area contributed by atoms with Crippen LogP contribution >= 0.6 is 0 Å². The number of aromatic nitrogens is 3. The first-order valence-electron chi connectivity index (χ1n) is 20.0. The van der Waals surface area contributed by atoms with Crippen molar-refractivity contribution in [3.8, 4) is 5.75 Å². The quantitative estimate of drug-likeness (QED) is 0.0616. The van der Waals surface area contributed by atoms with Crippen LogP contribution in [0.25, 0.3) is 60.8 Å². The maximum Gasteiger partial charge on any atom is 0.398 e. The van der Waals surface area contributed by atoms with Crippen LogP contribution in [-0.4, -0.2) is 88.1 Å². The van der Waals surface area contributed by atoms with Crippen LogP contribution in [0.2, 0.25) is 0 Å². The number of carbonyl (C=O) groups excluding carboxylic acids is 6. The molecule has 7 aromatic rings. The number of carbonyl (C=O) groups is 6. The zero-order valence-electron chi connectivity index (χ0n) is 34.1. The van der Waals surface area contributed by atoms with Gasteiger partial charge in [0.1, 0.15) is 6.54 Å². The minimum absolute atomic E-state index is 0.0817. The van der Waals surface area contributed by atoms with E-state index in [1.54, 1.807) is 24.3 Å². The van der Waals surface area contributed by atoms with Gasteiger partial charge in [0.05, 0.1) is 32.6 Å². The third kappa shape index (κ3) is 7.81. The molecule has 0 saturated carbocycles. The Morgan fingerprint density at radius 1 is 0.672 bits per heavy atom. The van der Waals surface area contributed by atoms with E-state index in [0.29, 0.717) is 64.9 Å². The van der Waals surface area contributed by atoms with E-state index in [0.717, 1.165) is 0 Å². The number of aromatic amines is 2. The number of nitrogens with one attached hydrogen (secondary N) is 2. The first-order valence-corrected chi connectivity index (χ1v) is 22.9. The highest BCUT2D eigenvalue weighted by molar-refractivity contribution is 7.86. The van der Waals surface area contributed by atoms with Gasteiger partial charge < -0.3 is 28.8 Å². The summed E-state index contributed by atoms with van der Waals surface area (Å²) in [6.45, 7) is -1.12. The topological polar surface area (TPSA) is 297 Å². The fraction of sp³-hybridized carbons (Fsp3) is 0.140. The molecular weight excluding hydrogens is 921 g/mol. The van der Waals surface area contributed by atoms with E-state index in [-0.39, 0.29) is 58.6 Å². The molecule has 3 aliphatic rings. The Morgan fingerprint density at radius 3 is 1.79 bits per heavy atom. The van der Waals surface area contributed by atoms with Crippen LogP contribution < -0.4 is 14.2 Å². The van der Waals surface area contributed by atoms with Crippen LogP contribution in [0.5, 0.6) is 5.75 Å². The van der Waals surface area contributed by atoms with Crippen LogP contribution in [0, 0.1) is 0 Å². The standard InChI is InChI=1S/C43H30N6O16S2/c50-36-10-11-37(51)48(36)64-42(54)20-46-32-16-26-24-14-22(66(56,57)58)6-8-28(24)44-30(26)18-34(32)62-40(46)4-2-1-3-5-41-47(21-43(55)65-49-38(52)12-13-39(49)53)33-17-27-25-15-23(67(59,60)61)7-9-29(25)45-31(27)19-35(33)63-41/h1-9,14-19,44-45H,10-13,20-21H2,(H-,56,57,58,59,60,61)/p+1. The third-order valence-corrected chi connectivity index (χ3v) is 12.8. The van der Waals surface area contributed by atoms with E-state index in [1.165, 1.54) is 76.2 Å². The number of nitrogens with zero attached hydrogens (tertiary/aromatic N) is 4. The normalized spacial score (nSPS) is 16.5. The summed E-state index contributed by atoms with van der Waals surface area (Å²) >= 11 is 0. The fourth-order valence-corrected chi connectivity index (χ4v) is 9.03. The van der Waals surface area contributed by atoms with Gasteiger partial charge in [-0.25, -0.2) is 9.59 Å². The van der Waals surface area contributed by atoms with Crippen molar-refractivity contribution in [1.82, 2.24) is 20.1 Å². The van der Waals surface area contributed by atoms with Crippen molar-refractivity contribution in [2.75, 3.05) is 11.4 Å². The van der Waals surface area contributed by atoms with Gasteiger partial charge in [0.2, 0.25) is 11.5 Å². The van der Waals surface area contributed by atoms with Gasteiger partial charge in [0.25, 0.3) is 55.9 Å². The number of imide groups is 2. The molecule has 4 aromatic carbocycles. The smallest absolute Gasteiger partial charge is 0.398 e. The molecule has 67 heavy (non-hydrogen) atoms. The molecule has 24 heteroatoms. The number of fused-ring (bicyclic) bond motifs is 8. The van der Waals surface area contributed by atoms with E-state index in [9.17, 15) is 54.7 Å². The number of amides is 4. The maximum atomic E-state index is 13.3. The summed E-state index contributed by atoms with van der Waals surface area (Å²) in [6, 6.07) is 14.5. The van der Waals surface area contributed by atoms with Crippen LogP contribution in [0.4, 0.5) is 5.69 Å². The number of allylic oxidation sites excluding steroid dienone is 4. The number of hydroxylamine groups is 4. The molecule has 340 valence electrons. The molecule has 2 saturated heterocycles. The third-order valence-electron chi connectivity index (χ3n) is 11.1. The van der Waals surface area contributed by atoms with Crippen LogP contribution in [0.3, 0.4) is 0 Å². The Bertz CT molecular complexity index is 3700. The number of anilines is 1. The minimum atomic E-state index is -4.55. The second-order valence-corrected chi connectivity index (χ2v) is 18.2. The van der Waals surface area contributed by atoms with Crippen molar-refractivity contribution < 1.29 is 78.1 Å². The number of ether oxygens (including phenoxy) is 1. The molecule has 22 nitrogen and oxygen atoms in total. The molecule has 0 atom stereocenters. The van der Waals surface area contributed by atoms with Crippen molar-refractivity contribution in [3.63, 3.8) is 0 Å². The minimum Gasteiger partial charge on any atom is -0.439 e. The second-order valence-electron chi connectivity index (χ2n) is 15.4. The molecule has 3 aromatic heterocycles. The summed E-state index contributed by atoms with van der Waals surface area (Å²) in [5, 5.41) is 2.67. The molecule has 0 bridgehead atoms. The highest BCUT2D eigenvalue weighted by atomic mass is 32.2. The van der Waals surface area contributed by atoms with Crippen molar-refractivity contribution in [3.05, 3.63) is 96.7 Å². The van der Waals surface area contributed by atoms with Gasteiger partial charge in [-0.15, -0.1) is 14.7 Å². The Morgan fingerprint density at radius 2 is 1.21 bits per heavy atom. The largest absolute Gasteiger partial charge is 0.439 e. The van der Waals surface area contributed by atoms with Gasteiger partial charge in [-0.3, -0.25) is 33.2 Å². The first-order chi connectivity index (χ1) is 31.9. The van der Waals surface area contributed by atoms with Gasteiger partial charge in [-0.2, -0.15) is 16.8 Å². The molecule has 6 heterocycles. The number of hydrogen-bond donors (Lipinski definition) is 4. The van der Waals surface area contributed by atoms with E-state index in [1.807, 2.05) is 0 Å². The predicted octanol–water partition coefficient (Wildman–Crippen LogP) is 4.01. The Balaban J connectivity index is 0.990. The Kier molecular flexibility index (Phi) is 10.1. The number of rotatable bonds is 11. The van der Waals surface area contributed by atoms with Crippen LogP contribution in [0.15, 0.2) is 105 Å². The van der Waals surface area contributed by atoms with Gasteiger partial charge in [-0.1, -0.05) is 18.2 Å². The molecule has 3 aliphatic heterocycles. The zero-order chi connectivity index (χ0) is 47.1. The Hall–Kier alpha value is -8.19. The van der Waals surface area contributed by atoms with Gasteiger partial charge >= 0.3 is 17.8 Å². The molecule has 0 spiro atoms. The first kappa shape index (κ1) is 42.7. The van der Waals surface area contributed by atoms with E-state index in [4.69, 9.17) is 18.8 Å². The van der Waals surface area contributed by atoms with Crippen molar-refractivity contribution in [2.45, 2.75) is 42.0 Å². The maximum absolute atomic E-state index is 13.3. The molecular formula is C43H31N6O16S2+. The van der Waals surface area contributed by atoms with E-state index in [2.05, 4.69) is 9.97 Å². The molecule has 0 aliphatic carbocycles. The number of hydrogen-bond acceptors (Lipinski definition) is 15. The summed E-state index contributed by atoms with van der Waals surface area (Å²) < 4.78 is 81.0. The summed E-state index contributed by atoms with van der Waals surface area (Å²) in [6.07, 6.45) is 7.06. The zero-order valence-corrected chi connectivity index (χ0v) is 35.8. The molecule has 0 radical (unpaired) electrons. The SMILES string of the molecule is O=C(CN1/C(=C/C=C/C=C/c2oc3cc4[nH]c5ccc(S(=O)(=O)O)cc5c4cc3[n+]2CC(=O)ON2C(=O)CCC2=O)Oc2cc3[nH]c4ccc(S(=O)(=O)O)cc4c3cc21)ON1C(=O)CCC1=O. The average Bonchev–Trinajstić information content (AvgIpc) is 4.11. The highest BCUT2D eigenvalue weighted by Crippen LogP contribution is 2.44. The lowest BCUT2D eigenvalue weighted by molar-refractivity contribution is -0.667. The lowest BCUT2D eigenvalue weighted by Gasteiger charge is -2.19. The van der Waals surface area contributed by atoms with Crippen molar-refractivity contribution in [2.24, 2.45) is 0 Å². The molecule has 2 fully saturated rings. The highest BCUT2D eigenvalue weighted by Gasteiger charge is 2.37. The van der Waals surface area contributed by atoms with Gasteiger partial charge in [-0.05, 0) is 48.5 Å². The summed E-state index contributed by atoms with van der Waals surface area (Å²) in [5.74, 6) is -4.29. The van der Waals surface area contributed by atoms with Crippen LogP contribution in [0.1, 0.15) is 31.6 Å². The van der Waals surface area contributed by atoms with E-state index >= 15 is 0 Å². The lowest BCUT2D eigenvalue weighted by atomic mass is 10.1. The van der Waals surface area contributed by atoms with Crippen molar-refractivity contribution >= 4 is 122 Å². The van der Waals surface area contributed by atoms with Crippen molar-refractivity contribution in [1.29, 1.82) is 0 Å². The summed E-state index contributed by atoms with van der Waals surface area (Å²) in [5.41, 5.74) is 3.01. The monoisotopic (exact) mass is 951 g/mol. The second kappa shape index (κ2) is 15.8. The number of benzene rings is 4. The molecule has 0 unspecified atom stereocenters. The van der Waals surface area contributed by atoms with Crippen LogP contribution in [-0.2, 0) is 65.2 Å². The van der Waals surface area contributed by atoms with Gasteiger partial charge in [0.15, 0.2) is 5.75 Å². The average molecular weight is 952 g/mol. The Labute approximate surface area is 375 Å². The summed E-state index contributed by atoms with van der Waals surface area (Å²) in [4.78, 5) is 92.8. The molecule has 4 N–H and O–H groups in total. The lowest BCUT2D eigenvalue weighted by Crippen LogP contribution is -2.43. The number of oxazole rings is 1. The predicted molar refractivity (Wildman–Crippen MR) is 230 cm³/mol. The fourth-order valence-electron chi connectivity index (χ4n) is 8.02. The molecule has 10 rings (SSSR count). The molecule has 4 amide bonds. The van der Waals surface area contributed by atoms with E-state index < -0.39 is 68.9 Å². The summed E-state index contributed by atoms with van der Waals surface area (Å²) in [7, 11) is -9.10.